The first-order chi connectivity index (χ1) is 17.0. The van der Waals surface area contributed by atoms with Gasteiger partial charge in [0, 0.05) is 37.4 Å². The number of carbonyl (C=O) groups excluding carboxylic acids is 2. The number of fused-ring (bicyclic) bond motifs is 1. The van der Waals surface area contributed by atoms with Gasteiger partial charge in [0.15, 0.2) is 0 Å². The second-order valence-corrected chi connectivity index (χ2v) is 9.81. The van der Waals surface area contributed by atoms with E-state index in [1.807, 2.05) is 20.0 Å². The number of rotatable bonds is 5. The summed E-state index contributed by atoms with van der Waals surface area (Å²) in [6.07, 6.45) is 10.8. The molecule has 1 atom stereocenters. The fourth-order valence-corrected chi connectivity index (χ4v) is 5.48. The van der Waals surface area contributed by atoms with Gasteiger partial charge in [-0.2, -0.15) is 5.26 Å². The number of hydrogen-bond donors (Lipinski definition) is 2. The summed E-state index contributed by atoms with van der Waals surface area (Å²) < 4.78 is 5.49. The molecule has 1 aliphatic heterocycles. The molecule has 4 rings (SSSR count). The molecule has 1 saturated heterocycles. The lowest BCUT2D eigenvalue weighted by atomic mass is 9.88. The number of nitrogens with one attached hydrogen (secondary N) is 1. The van der Waals surface area contributed by atoms with Crippen molar-refractivity contribution in [1.82, 2.24) is 9.88 Å². The lowest BCUT2D eigenvalue weighted by Crippen LogP contribution is -2.41. The zero-order valence-corrected chi connectivity index (χ0v) is 21.0. The van der Waals surface area contributed by atoms with Crippen molar-refractivity contribution in [2.24, 2.45) is 5.92 Å². The lowest BCUT2D eigenvalue weighted by Gasteiger charge is -2.30. The molecule has 0 aromatic carbocycles. The van der Waals surface area contributed by atoms with Crippen molar-refractivity contribution in [3.8, 4) is 6.07 Å². The summed E-state index contributed by atoms with van der Waals surface area (Å²) in [6, 6.07) is 4.21. The van der Waals surface area contributed by atoms with Gasteiger partial charge in [-0.15, -0.1) is 11.3 Å². The zero-order chi connectivity index (χ0) is 25.2. The van der Waals surface area contributed by atoms with Crippen LogP contribution < -0.4 is 5.32 Å². The number of aliphatic hydroxyl groups excluding tert-OH is 1. The number of nitrogens with zero attached hydrogens (tertiary/aromatic N) is 3. The molecule has 2 N–H and O–H groups in total. The molecule has 2 aliphatic rings. The SMILES string of the molecule is CNc1sc2c(c1C#N)CCC(COC(=O)N1CCC(O)CC1)C2.Cc1ccncc1/C=C/C=O. The Kier molecular flexibility index (Phi) is 9.82. The number of carbonyl (C=O) groups is 2. The molecule has 2 aromatic heterocycles. The van der Waals surface area contributed by atoms with E-state index in [9.17, 15) is 20.0 Å². The number of aryl methyl sites for hydroxylation is 1. The van der Waals surface area contributed by atoms with Crippen LogP contribution in [0.2, 0.25) is 0 Å². The van der Waals surface area contributed by atoms with Crippen LogP contribution in [0.4, 0.5) is 9.80 Å². The van der Waals surface area contributed by atoms with Crippen LogP contribution in [0.1, 0.15) is 46.4 Å². The van der Waals surface area contributed by atoms with Crippen LogP contribution in [-0.4, -0.2) is 60.2 Å². The van der Waals surface area contributed by atoms with Gasteiger partial charge in [0.05, 0.1) is 18.3 Å². The summed E-state index contributed by atoms with van der Waals surface area (Å²) in [4.78, 5) is 28.9. The molecule has 35 heavy (non-hydrogen) atoms. The summed E-state index contributed by atoms with van der Waals surface area (Å²) in [5, 5.41) is 22.9. The van der Waals surface area contributed by atoms with Crippen molar-refractivity contribution in [3.63, 3.8) is 0 Å². The van der Waals surface area contributed by atoms with E-state index in [-0.39, 0.29) is 12.2 Å². The van der Waals surface area contributed by atoms with E-state index in [2.05, 4.69) is 16.4 Å². The molecular weight excluding hydrogens is 464 g/mol. The Balaban J connectivity index is 0.000000261. The number of anilines is 1. The van der Waals surface area contributed by atoms with Gasteiger partial charge in [0.1, 0.15) is 17.4 Å². The van der Waals surface area contributed by atoms with Crippen molar-refractivity contribution in [2.45, 2.75) is 45.1 Å². The molecule has 8 nitrogen and oxygen atoms in total. The predicted molar refractivity (Wildman–Crippen MR) is 136 cm³/mol. The minimum atomic E-state index is -0.291. The van der Waals surface area contributed by atoms with Crippen LogP contribution in [-0.2, 0) is 22.4 Å². The number of allylic oxidation sites excluding steroid dienone is 1. The van der Waals surface area contributed by atoms with E-state index in [1.54, 1.807) is 34.7 Å². The topological polar surface area (TPSA) is 116 Å². The molecule has 1 aliphatic carbocycles. The van der Waals surface area contributed by atoms with Gasteiger partial charge in [-0.3, -0.25) is 9.78 Å². The van der Waals surface area contributed by atoms with Gasteiger partial charge < -0.3 is 20.1 Å². The van der Waals surface area contributed by atoms with E-state index in [4.69, 9.17) is 4.74 Å². The average Bonchev–Trinajstić information content (AvgIpc) is 3.24. The van der Waals surface area contributed by atoms with E-state index in [0.29, 0.717) is 38.5 Å². The third-order valence-corrected chi connectivity index (χ3v) is 7.58. The fraction of sp³-hybridized carbons (Fsp3) is 0.462. The highest BCUT2D eigenvalue weighted by atomic mass is 32.1. The Labute approximate surface area is 210 Å². The monoisotopic (exact) mass is 496 g/mol. The largest absolute Gasteiger partial charge is 0.449 e. The number of nitriles is 1. The summed E-state index contributed by atoms with van der Waals surface area (Å²) in [7, 11) is 1.84. The highest BCUT2D eigenvalue weighted by molar-refractivity contribution is 7.16. The number of piperidine rings is 1. The lowest BCUT2D eigenvalue weighted by molar-refractivity contribution is -0.104. The van der Waals surface area contributed by atoms with Gasteiger partial charge in [-0.25, -0.2) is 4.79 Å². The molecule has 2 aromatic rings. The number of likely N-dealkylation sites (tertiary alicyclic amines) is 1. The van der Waals surface area contributed by atoms with Gasteiger partial charge >= 0.3 is 6.09 Å². The maximum absolute atomic E-state index is 12.1. The summed E-state index contributed by atoms with van der Waals surface area (Å²) >= 11 is 1.64. The number of amides is 1. The molecule has 0 radical (unpaired) electrons. The number of ether oxygens (including phenoxy) is 1. The molecule has 3 heterocycles. The smallest absolute Gasteiger partial charge is 0.409 e. The molecular formula is C26H32N4O4S. The Morgan fingerprint density at radius 3 is 2.83 bits per heavy atom. The minimum absolute atomic E-state index is 0.271. The Morgan fingerprint density at radius 2 is 2.17 bits per heavy atom. The molecule has 0 bridgehead atoms. The van der Waals surface area contributed by atoms with Gasteiger partial charge in [0.2, 0.25) is 0 Å². The summed E-state index contributed by atoms with van der Waals surface area (Å²) in [5.74, 6) is 0.312. The number of hydrogen-bond acceptors (Lipinski definition) is 8. The molecule has 9 heteroatoms. The molecule has 1 amide bonds. The van der Waals surface area contributed by atoms with Gasteiger partial charge in [-0.1, -0.05) is 0 Å². The molecule has 1 unspecified atom stereocenters. The summed E-state index contributed by atoms with van der Waals surface area (Å²) in [6.45, 7) is 3.53. The fourth-order valence-electron chi connectivity index (χ4n) is 4.21. The van der Waals surface area contributed by atoms with E-state index in [1.165, 1.54) is 16.5 Å². The van der Waals surface area contributed by atoms with Gasteiger partial charge in [-0.05, 0) is 79.9 Å². The Morgan fingerprint density at radius 1 is 1.40 bits per heavy atom. The van der Waals surface area contributed by atoms with Crippen LogP contribution in [0.25, 0.3) is 6.08 Å². The highest BCUT2D eigenvalue weighted by Crippen LogP contribution is 2.39. The number of aliphatic hydroxyl groups is 1. The average molecular weight is 497 g/mol. The molecule has 0 spiro atoms. The second kappa shape index (κ2) is 13.0. The minimum Gasteiger partial charge on any atom is -0.449 e. The molecule has 186 valence electrons. The number of thiophene rings is 1. The van der Waals surface area contributed by atoms with Gasteiger partial charge in [0.25, 0.3) is 0 Å². The first-order valence-corrected chi connectivity index (χ1v) is 12.6. The van der Waals surface area contributed by atoms with E-state index in [0.717, 1.165) is 47.2 Å². The number of pyridine rings is 1. The van der Waals surface area contributed by atoms with Crippen molar-refractivity contribution in [1.29, 1.82) is 5.26 Å². The van der Waals surface area contributed by atoms with Crippen LogP contribution in [0.15, 0.2) is 24.5 Å². The molecule has 1 fully saturated rings. The maximum Gasteiger partial charge on any atom is 0.409 e. The predicted octanol–water partition coefficient (Wildman–Crippen LogP) is 3.96. The third-order valence-electron chi connectivity index (χ3n) is 6.31. The summed E-state index contributed by atoms with van der Waals surface area (Å²) in [5.41, 5.74) is 4.05. The van der Waals surface area contributed by atoms with Crippen LogP contribution in [0.5, 0.6) is 0 Å². The Bertz CT molecular complexity index is 1080. The van der Waals surface area contributed by atoms with Crippen LogP contribution in [0, 0.1) is 24.2 Å². The van der Waals surface area contributed by atoms with Crippen LogP contribution >= 0.6 is 11.3 Å². The standard InChI is InChI=1S/C17H23N3O3S.C9H9NO/c1-19-16-14(9-18)13-3-2-11(8-15(13)24-16)10-23-17(22)20-6-4-12(21)5-7-20;1-8-4-5-10-7-9(8)3-2-6-11/h11-12,19,21H,2-8,10H2,1H3;2-7H,1H3/b;3-2+. The van der Waals surface area contributed by atoms with Crippen molar-refractivity contribution >= 4 is 34.8 Å². The van der Waals surface area contributed by atoms with Crippen molar-refractivity contribution in [3.05, 3.63) is 51.7 Å². The normalized spacial score (nSPS) is 17.7. The zero-order valence-electron chi connectivity index (χ0n) is 20.2. The third kappa shape index (κ3) is 7.13. The Hall–Kier alpha value is -3.22. The van der Waals surface area contributed by atoms with Crippen LogP contribution in [0.3, 0.4) is 0 Å². The molecule has 0 saturated carbocycles. The van der Waals surface area contributed by atoms with Crippen molar-refractivity contribution in [2.75, 3.05) is 32.1 Å². The second-order valence-electron chi connectivity index (χ2n) is 8.70. The quantitative estimate of drug-likeness (QED) is 0.475. The maximum atomic E-state index is 12.1. The highest BCUT2D eigenvalue weighted by Gasteiger charge is 2.28. The van der Waals surface area contributed by atoms with E-state index >= 15 is 0 Å². The van der Waals surface area contributed by atoms with E-state index < -0.39 is 0 Å². The first kappa shape index (κ1) is 26.4. The number of aldehydes is 1. The first-order valence-electron chi connectivity index (χ1n) is 11.8. The van der Waals surface area contributed by atoms with Crippen molar-refractivity contribution < 1.29 is 19.4 Å². The number of aromatic nitrogens is 1.